The predicted molar refractivity (Wildman–Crippen MR) is 59.4 cm³/mol. The maximum Gasteiger partial charge on any atom is 0.321 e. The molecule has 2 rings (SSSR count). The Morgan fingerprint density at radius 3 is 2.59 bits per heavy atom. The Morgan fingerprint density at radius 1 is 1.41 bits per heavy atom. The molecule has 6 heteroatoms. The number of carbonyl (C=O) groups is 1. The van der Waals surface area contributed by atoms with Crippen LogP contribution in [0.15, 0.2) is 30.3 Å². The molecular formula is C11H12N2O4. The van der Waals surface area contributed by atoms with Crippen molar-refractivity contribution in [3.63, 3.8) is 0 Å². The first-order valence-electron chi connectivity index (χ1n) is 5.26. The molecule has 0 saturated carbocycles. The van der Waals surface area contributed by atoms with E-state index in [9.17, 15) is 14.9 Å². The van der Waals surface area contributed by atoms with E-state index in [2.05, 4.69) is 5.32 Å². The van der Waals surface area contributed by atoms with Gasteiger partial charge in [-0.25, -0.2) is 0 Å². The number of carboxylic acid groups (broad SMARTS) is 1. The number of nitrogens with one attached hydrogen (secondary N) is 1. The van der Waals surface area contributed by atoms with Crippen molar-refractivity contribution in [2.75, 3.05) is 6.54 Å². The second-order valence-electron chi connectivity index (χ2n) is 4.01. The summed E-state index contributed by atoms with van der Waals surface area (Å²) >= 11 is 0. The lowest BCUT2D eigenvalue weighted by Crippen LogP contribution is -2.35. The molecule has 3 atom stereocenters. The monoisotopic (exact) mass is 236 g/mol. The van der Waals surface area contributed by atoms with E-state index in [-0.39, 0.29) is 6.54 Å². The zero-order chi connectivity index (χ0) is 12.4. The van der Waals surface area contributed by atoms with Gasteiger partial charge in [-0.15, -0.1) is 0 Å². The molecule has 0 aromatic heterocycles. The average Bonchev–Trinajstić information content (AvgIpc) is 2.74. The topological polar surface area (TPSA) is 92.5 Å². The molecule has 1 heterocycles. The summed E-state index contributed by atoms with van der Waals surface area (Å²) in [5.41, 5.74) is 0.687. The number of nitro groups is 1. The van der Waals surface area contributed by atoms with Gasteiger partial charge in [-0.1, -0.05) is 30.3 Å². The van der Waals surface area contributed by atoms with Crippen LogP contribution in [0.5, 0.6) is 0 Å². The van der Waals surface area contributed by atoms with E-state index in [0.29, 0.717) is 5.56 Å². The van der Waals surface area contributed by atoms with Gasteiger partial charge in [-0.3, -0.25) is 20.2 Å². The zero-order valence-electron chi connectivity index (χ0n) is 8.95. The van der Waals surface area contributed by atoms with Crippen LogP contribution in [0.2, 0.25) is 0 Å². The number of benzene rings is 1. The van der Waals surface area contributed by atoms with Crippen molar-refractivity contribution in [3.05, 3.63) is 46.0 Å². The van der Waals surface area contributed by atoms with Crippen molar-refractivity contribution in [1.29, 1.82) is 0 Å². The van der Waals surface area contributed by atoms with Gasteiger partial charge in [0.15, 0.2) is 0 Å². The summed E-state index contributed by atoms with van der Waals surface area (Å²) < 4.78 is 0. The molecule has 0 spiro atoms. The minimum absolute atomic E-state index is 0.0868. The molecule has 17 heavy (non-hydrogen) atoms. The van der Waals surface area contributed by atoms with Crippen LogP contribution in [0, 0.1) is 10.1 Å². The fourth-order valence-electron chi connectivity index (χ4n) is 2.26. The van der Waals surface area contributed by atoms with Crippen molar-refractivity contribution in [1.82, 2.24) is 5.32 Å². The Bertz CT molecular complexity index is 412. The second-order valence-corrected chi connectivity index (χ2v) is 4.01. The van der Waals surface area contributed by atoms with Crippen LogP contribution >= 0.6 is 0 Å². The molecule has 2 N–H and O–H groups in total. The van der Waals surface area contributed by atoms with Crippen LogP contribution in [0.4, 0.5) is 0 Å². The second kappa shape index (κ2) is 4.50. The Morgan fingerprint density at radius 2 is 2.06 bits per heavy atom. The molecular weight excluding hydrogens is 224 g/mol. The predicted octanol–water partition coefficient (Wildman–Crippen LogP) is 0.472. The molecule has 1 aromatic carbocycles. The van der Waals surface area contributed by atoms with Crippen LogP contribution in [0.3, 0.4) is 0 Å². The van der Waals surface area contributed by atoms with E-state index < -0.39 is 28.9 Å². The van der Waals surface area contributed by atoms with Crippen molar-refractivity contribution in [2.24, 2.45) is 0 Å². The fraction of sp³-hybridized carbons (Fsp3) is 0.364. The minimum atomic E-state index is -1.05. The Kier molecular flexibility index (Phi) is 3.06. The molecule has 1 aliphatic rings. The molecule has 1 saturated heterocycles. The number of hydrogen-bond donors (Lipinski definition) is 2. The summed E-state index contributed by atoms with van der Waals surface area (Å²) in [4.78, 5) is 21.6. The van der Waals surface area contributed by atoms with Gasteiger partial charge >= 0.3 is 5.97 Å². The van der Waals surface area contributed by atoms with Gasteiger partial charge in [-0.05, 0) is 5.56 Å². The first-order valence-corrected chi connectivity index (χ1v) is 5.26. The molecule has 1 aromatic rings. The van der Waals surface area contributed by atoms with E-state index in [4.69, 9.17) is 5.11 Å². The lowest BCUT2D eigenvalue weighted by Gasteiger charge is -2.16. The van der Waals surface area contributed by atoms with Crippen molar-refractivity contribution in [2.45, 2.75) is 18.0 Å². The van der Waals surface area contributed by atoms with Crippen LogP contribution in [0.1, 0.15) is 11.5 Å². The Labute approximate surface area is 97.4 Å². The molecule has 0 radical (unpaired) electrons. The third-order valence-corrected chi connectivity index (χ3v) is 3.04. The summed E-state index contributed by atoms with van der Waals surface area (Å²) in [7, 11) is 0. The van der Waals surface area contributed by atoms with Crippen LogP contribution in [0.25, 0.3) is 0 Å². The first-order chi connectivity index (χ1) is 8.11. The van der Waals surface area contributed by atoms with Gasteiger partial charge in [0.25, 0.3) is 0 Å². The normalized spacial score (nSPS) is 27.9. The standard InChI is InChI=1S/C11H12N2O4/c14-11(15)10-9(7-4-2-1-3-5-7)8(6-12-10)13(16)17/h1-5,8-10,12H,6H2,(H,14,15). The summed E-state index contributed by atoms with van der Waals surface area (Å²) in [6, 6.07) is 6.97. The van der Waals surface area contributed by atoms with E-state index in [1.54, 1.807) is 30.3 Å². The van der Waals surface area contributed by atoms with E-state index in [1.807, 2.05) is 0 Å². The Hall–Kier alpha value is -1.95. The van der Waals surface area contributed by atoms with Gasteiger partial charge in [0.2, 0.25) is 6.04 Å². The summed E-state index contributed by atoms with van der Waals surface area (Å²) in [6.45, 7) is 0.0868. The van der Waals surface area contributed by atoms with Gasteiger partial charge in [0, 0.05) is 4.92 Å². The number of carboxylic acids is 1. The zero-order valence-corrected chi connectivity index (χ0v) is 8.95. The number of nitrogens with zero attached hydrogens (tertiary/aromatic N) is 1. The molecule has 1 aliphatic heterocycles. The molecule has 3 unspecified atom stereocenters. The molecule has 90 valence electrons. The number of hydrogen-bond acceptors (Lipinski definition) is 4. The third kappa shape index (κ3) is 2.12. The number of aliphatic carboxylic acids is 1. The van der Waals surface area contributed by atoms with Gasteiger partial charge < -0.3 is 5.11 Å². The van der Waals surface area contributed by atoms with Crippen molar-refractivity contribution in [3.8, 4) is 0 Å². The quantitative estimate of drug-likeness (QED) is 0.588. The molecule has 0 bridgehead atoms. The van der Waals surface area contributed by atoms with Crippen molar-refractivity contribution >= 4 is 5.97 Å². The van der Waals surface area contributed by atoms with E-state index in [0.717, 1.165) is 0 Å². The number of rotatable bonds is 3. The fourth-order valence-corrected chi connectivity index (χ4v) is 2.26. The summed E-state index contributed by atoms with van der Waals surface area (Å²) in [5.74, 6) is -1.67. The maximum atomic E-state index is 11.1. The highest BCUT2D eigenvalue weighted by Crippen LogP contribution is 2.29. The Balaban J connectivity index is 2.36. The highest BCUT2D eigenvalue weighted by molar-refractivity contribution is 5.75. The smallest absolute Gasteiger partial charge is 0.321 e. The molecule has 0 aliphatic carbocycles. The van der Waals surface area contributed by atoms with Gasteiger partial charge in [0.05, 0.1) is 12.5 Å². The highest BCUT2D eigenvalue weighted by Gasteiger charge is 2.47. The molecule has 6 nitrogen and oxygen atoms in total. The van der Waals surface area contributed by atoms with Crippen LogP contribution in [-0.4, -0.2) is 34.6 Å². The van der Waals surface area contributed by atoms with Crippen molar-refractivity contribution < 1.29 is 14.8 Å². The summed E-state index contributed by atoms with van der Waals surface area (Å²) in [5, 5.41) is 22.7. The molecule has 0 amide bonds. The maximum absolute atomic E-state index is 11.1. The largest absolute Gasteiger partial charge is 0.480 e. The highest BCUT2D eigenvalue weighted by atomic mass is 16.6. The SMILES string of the molecule is O=C(O)C1NCC([N+](=O)[O-])C1c1ccccc1. The third-order valence-electron chi connectivity index (χ3n) is 3.04. The van der Waals surface area contributed by atoms with Crippen LogP contribution < -0.4 is 5.32 Å². The lowest BCUT2D eigenvalue weighted by atomic mass is 9.89. The van der Waals surface area contributed by atoms with E-state index >= 15 is 0 Å². The minimum Gasteiger partial charge on any atom is -0.480 e. The van der Waals surface area contributed by atoms with Gasteiger partial charge in [-0.2, -0.15) is 0 Å². The molecule has 1 fully saturated rings. The van der Waals surface area contributed by atoms with Gasteiger partial charge in [0.1, 0.15) is 6.04 Å². The van der Waals surface area contributed by atoms with E-state index in [1.165, 1.54) is 0 Å². The lowest BCUT2D eigenvalue weighted by molar-refractivity contribution is -0.520. The average molecular weight is 236 g/mol. The summed E-state index contributed by atoms with van der Waals surface area (Å²) in [6.07, 6.45) is 0. The first kappa shape index (κ1) is 11.5. The van der Waals surface area contributed by atoms with Crippen LogP contribution in [-0.2, 0) is 4.79 Å².